The van der Waals surface area contributed by atoms with E-state index in [9.17, 15) is 9.59 Å². The number of amides is 1. The molecule has 3 aromatic carbocycles. The second-order valence-electron chi connectivity index (χ2n) is 8.63. The number of carbonyl (C=O) groups excluding carboxylic acids is 2. The van der Waals surface area contributed by atoms with Crippen molar-refractivity contribution in [3.8, 4) is 5.75 Å². The van der Waals surface area contributed by atoms with Gasteiger partial charge in [0.25, 0.3) is 0 Å². The summed E-state index contributed by atoms with van der Waals surface area (Å²) in [5, 5.41) is 4.82. The summed E-state index contributed by atoms with van der Waals surface area (Å²) in [5.41, 5.74) is 0.183. The lowest BCUT2D eigenvalue weighted by atomic mass is 10.1. The summed E-state index contributed by atoms with van der Waals surface area (Å²) in [6.07, 6.45) is -0.405. The molecule has 0 saturated heterocycles. The van der Waals surface area contributed by atoms with E-state index >= 15 is 0 Å². The summed E-state index contributed by atoms with van der Waals surface area (Å²) in [6.45, 7) is 5.29. The summed E-state index contributed by atoms with van der Waals surface area (Å²) in [5.74, 6) is 0.181. The lowest BCUT2D eigenvalue weighted by Gasteiger charge is -2.23. The van der Waals surface area contributed by atoms with Gasteiger partial charge in [-0.25, -0.2) is 9.59 Å². The van der Waals surface area contributed by atoms with Gasteiger partial charge in [-0.2, -0.15) is 0 Å². The van der Waals surface area contributed by atoms with E-state index in [1.54, 1.807) is 20.8 Å². The van der Waals surface area contributed by atoms with Crippen LogP contribution >= 0.6 is 8.15 Å². The average Bonchev–Trinajstić information content (AvgIpc) is 2.82. The molecule has 0 spiro atoms. The van der Waals surface area contributed by atoms with Gasteiger partial charge in [-0.3, -0.25) is 0 Å². The summed E-state index contributed by atoms with van der Waals surface area (Å²) >= 11 is 0. The van der Waals surface area contributed by atoms with Crippen LogP contribution in [-0.2, 0) is 20.7 Å². The van der Waals surface area contributed by atoms with Gasteiger partial charge in [0, 0.05) is 17.0 Å². The maximum absolute atomic E-state index is 12.2. The maximum atomic E-state index is 12.2. The number of rotatable bonds is 8. The van der Waals surface area contributed by atoms with Crippen LogP contribution in [0.3, 0.4) is 0 Å². The molecule has 0 heterocycles. The van der Waals surface area contributed by atoms with Crippen molar-refractivity contribution in [1.82, 2.24) is 5.32 Å². The SMILES string of the molecule is COC(=O)[C@H](Cc1ccc(OP(c2ccccc2)c2ccccc2)cc1)NC(=O)OC(C)(C)C. The highest BCUT2D eigenvalue weighted by molar-refractivity contribution is 7.68. The molecule has 0 radical (unpaired) electrons. The minimum atomic E-state index is -1.04. The number of alkyl carbamates (subject to hydrolysis) is 1. The van der Waals surface area contributed by atoms with Crippen LogP contribution in [0.2, 0.25) is 0 Å². The van der Waals surface area contributed by atoms with Gasteiger partial charge < -0.3 is 19.3 Å². The predicted octanol–water partition coefficient (Wildman–Crippen LogP) is 4.72. The van der Waals surface area contributed by atoms with Crippen LogP contribution in [0.4, 0.5) is 4.79 Å². The number of nitrogens with one attached hydrogen (secondary N) is 1. The fraction of sp³-hybridized carbons (Fsp3) is 0.259. The quantitative estimate of drug-likeness (QED) is 0.374. The van der Waals surface area contributed by atoms with E-state index in [1.807, 2.05) is 60.7 Å². The summed E-state index contributed by atoms with van der Waals surface area (Å²) < 4.78 is 16.5. The van der Waals surface area contributed by atoms with Crippen LogP contribution in [0.25, 0.3) is 0 Å². The largest absolute Gasteiger partial charge is 0.467 e. The Morgan fingerprint density at radius 1 is 0.853 bits per heavy atom. The molecule has 0 unspecified atom stereocenters. The van der Waals surface area contributed by atoms with Gasteiger partial charge in [-0.05, 0) is 38.5 Å². The fourth-order valence-electron chi connectivity index (χ4n) is 3.19. The van der Waals surface area contributed by atoms with Crippen molar-refractivity contribution >= 4 is 30.8 Å². The summed E-state index contributed by atoms with van der Waals surface area (Å²) in [6, 6.07) is 26.9. The van der Waals surface area contributed by atoms with Crippen LogP contribution in [0.5, 0.6) is 5.75 Å². The number of hydrogen-bond acceptors (Lipinski definition) is 5. The second-order valence-corrected chi connectivity index (χ2v) is 10.4. The molecule has 1 atom stereocenters. The first-order chi connectivity index (χ1) is 16.2. The molecule has 0 bridgehead atoms. The van der Waals surface area contributed by atoms with E-state index in [0.29, 0.717) is 0 Å². The van der Waals surface area contributed by atoms with E-state index in [-0.39, 0.29) is 6.42 Å². The Bertz CT molecular complexity index is 1030. The minimum absolute atomic E-state index is 0.262. The van der Waals surface area contributed by atoms with Gasteiger partial charge in [-0.1, -0.05) is 72.8 Å². The highest BCUT2D eigenvalue weighted by atomic mass is 31.1. The molecule has 0 aliphatic rings. The normalized spacial score (nSPS) is 12.0. The third kappa shape index (κ3) is 7.60. The van der Waals surface area contributed by atoms with E-state index in [1.165, 1.54) is 7.11 Å². The highest BCUT2D eigenvalue weighted by Crippen LogP contribution is 2.36. The van der Waals surface area contributed by atoms with E-state index in [2.05, 4.69) is 29.6 Å². The monoisotopic (exact) mass is 479 g/mol. The Hall–Kier alpha value is -3.37. The number of methoxy groups -OCH3 is 1. The Labute approximate surface area is 202 Å². The zero-order chi connectivity index (χ0) is 24.6. The fourth-order valence-corrected chi connectivity index (χ4v) is 4.92. The van der Waals surface area contributed by atoms with E-state index < -0.39 is 31.9 Å². The van der Waals surface area contributed by atoms with Crippen molar-refractivity contribution in [2.45, 2.75) is 38.8 Å². The molecule has 0 aliphatic heterocycles. The zero-order valence-electron chi connectivity index (χ0n) is 19.9. The first-order valence-corrected chi connectivity index (χ1v) is 12.3. The van der Waals surface area contributed by atoms with Crippen molar-refractivity contribution in [2.24, 2.45) is 0 Å². The van der Waals surface area contributed by atoms with Crippen molar-refractivity contribution < 1.29 is 23.6 Å². The van der Waals surface area contributed by atoms with Gasteiger partial charge in [0.05, 0.1) is 7.11 Å². The van der Waals surface area contributed by atoms with Crippen molar-refractivity contribution in [2.75, 3.05) is 7.11 Å². The Balaban J connectivity index is 1.73. The van der Waals surface area contributed by atoms with Crippen LogP contribution in [0, 0.1) is 0 Å². The number of esters is 1. The van der Waals surface area contributed by atoms with Crippen LogP contribution < -0.4 is 20.4 Å². The third-order valence-corrected chi connectivity index (χ3v) is 6.65. The van der Waals surface area contributed by atoms with Crippen molar-refractivity contribution in [3.05, 3.63) is 90.5 Å². The first-order valence-electron chi connectivity index (χ1n) is 11.0. The van der Waals surface area contributed by atoms with Gasteiger partial charge in [-0.15, -0.1) is 0 Å². The minimum Gasteiger partial charge on any atom is -0.467 e. The van der Waals surface area contributed by atoms with E-state index in [0.717, 1.165) is 21.9 Å². The number of hydrogen-bond donors (Lipinski definition) is 1. The van der Waals surface area contributed by atoms with Crippen molar-refractivity contribution in [1.29, 1.82) is 0 Å². The smallest absolute Gasteiger partial charge is 0.408 e. The molecule has 1 amide bonds. The van der Waals surface area contributed by atoms with Crippen LogP contribution in [-0.4, -0.2) is 30.8 Å². The highest BCUT2D eigenvalue weighted by Gasteiger charge is 2.25. The first kappa shape index (κ1) is 25.3. The molecule has 0 fully saturated rings. The van der Waals surface area contributed by atoms with Gasteiger partial charge in [0.1, 0.15) is 17.4 Å². The molecule has 6 nitrogen and oxygen atoms in total. The Morgan fingerprint density at radius 2 is 1.38 bits per heavy atom. The number of carbonyl (C=O) groups is 2. The molecule has 34 heavy (non-hydrogen) atoms. The lowest BCUT2D eigenvalue weighted by molar-refractivity contribution is -0.143. The molecule has 3 rings (SSSR count). The van der Waals surface area contributed by atoms with E-state index in [4.69, 9.17) is 14.0 Å². The molecule has 7 heteroatoms. The van der Waals surface area contributed by atoms with Gasteiger partial charge >= 0.3 is 12.1 Å². The molecule has 1 N–H and O–H groups in total. The Morgan fingerprint density at radius 3 is 1.85 bits per heavy atom. The van der Waals surface area contributed by atoms with Crippen LogP contribution in [0.15, 0.2) is 84.9 Å². The van der Waals surface area contributed by atoms with Gasteiger partial charge in [0.2, 0.25) is 0 Å². The molecule has 0 aromatic heterocycles. The van der Waals surface area contributed by atoms with Gasteiger partial charge in [0.15, 0.2) is 8.15 Å². The standard InChI is InChI=1S/C27H30NO5P/c1-27(2,3)32-26(30)28-24(25(29)31-4)19-20-15-17-21(18-16-20)33-34(22-11-7-5-8-12-22)23-13-9-6-10-14-23/h5-18,24H,19H2,1-4H3,(H,28,30)/t24-/m0/s1. The second kappa shape index (κ2) is 11.7. The Kier molecular flexibility index (Phi) is 8.67. The van der Waals surface area contributed by atoms with Crippen LogP contribution in [0.1, 0.15) is 26.3 Å². The number of ether oxygens (including phenoxy) is 2. The molecule has 0 saturated carbocycles. The molecular formula is C27H30NO5P. The maximum Gasteiger partial charge on any atom is 0.408 e. The summed E-state index contributed by atoms with van der Waals surface area (Å²) in [7, 11) is 0.251. The predicted molar refractivity (Wildman–Crippen MR) is 135 cm³/mol. The topological polar surface area (TPSA) is 73.9 Å². The lowest BCUT2D eigenvalue weighted by Crippen LogP contribution is -2.45. The third-order valence-electron chi connectivity index (χ3n) is 4.72. The average molecular weight is 480 g/mol. The van der Waals surface area contributed by atoms with Crippen molar-refractivity contribution in [3.63, 3.8) is 0 Å². The zero-order valence-corrected chi connectivity index (χ0v) is 20.8. The number of benzene rings is 3. The molecular weight excluding hydrogens is 449 g/mol. The molecule has 3 aromatic rings. The summed E-state index contributed by atoms with van der Waals surface area (Å²) in [4.78, 5) is 24.4. The molecule has 178 valence electrons. The molecule has 0 aliphatic carbocycles.